The molecule has 108 valence electrons. The van der Waals surface area contributed by atoms with Gasteiger partial charge in [0, 0.05) is 18.4 Å². The first-order chi connectivity index (χ1) is 9.33. The molecule has 1 amide bonds. The molecule has 0 fully saturated rings. The normalized spacial score (nSPS) is 10.6. The lowest BCUT2D eigenvalue weighted by atomic mass is 10.1. The third kappa shape index (κ3) is 5.38. The number of carbonyl (C=O) groups is 1. The van der Waals surface area contributed by atoms with Crippen LogP contribution in [0.25, 0.3) is 0 Å². The van der Waals surface area contributed by atoms with Crippen LogP contribution in [-0.2, 0) is 9.84 Å². The topological polar surface area (TPSA) is 89.3 Å². The average molecular weight is 298 g/mol. The van der Waals surface area contributed by atoms with E-state index in [1.165, 1.54) is 12.1 Å². The predicted octanol–water partition coefficient (Wildman–Crippen LogP) is -0.0897. The maximum Gasteiger partial charge on any atom is 0.254 e. The van der Waals surface area contributed by atoms with Gasteiger partial charge >= 0.3 is 0 Å². The van der Waals surface area contributed by atoms with Gasteiger partial charge in [0.15, 0.2) is 0 Å². The van der Waals surface area contributed by atoms with Crippen LogP contribution in [0.4, 0.5) is 4.39 Å². The van der Waals surface area contributed by atoms with E-state index in [1.54, 1.807) is 0 Å². The second-order valence-corrected chi connectivity index (χ2v) is 6.35. The first kappa shape index (κ1) is 16.1. The minimum absolute atomic E-state index is 0.0637. The van der Waals surface area contributed by atoms with Gasteiger partial charge in [0.05, 0.1) is 17.9 Å². The molecule has 0 spiro atoms. The SMILES string of the molecule is CS(=O)(=O)CCNC(=O)c1ccc(C#CCN)cc1F. The monoisotopic (exact) mass is 298 g/mol. The smallest absolute Gasteiger partial charge is 0.254 e. The van der Waals surface area contributed by atoms with Gasteiger partial charge in [0.1, 0.15) is 15.7 Å². The Morgan fingerprint density at radius 1 is 1.45 bits per heavy atom. The highest BCUT2D eigenvalue weighted by atomic mass is 32.2. The summed E-state index contributed by atoms with van der Waals surface area (Å²) in [4.78, 5) is 11.7. The summed E-state index contributed by atoms with van der Waals surface area (Å²) in [5.41, 5.74) is 5.46. The van der Waals surface area contributed by atoms with Crippen LogP contribution < -0.4 is 11.1 Å². The molecule has 0 heterocycles. The minimum Gasteiger partial charge on any atom is -0.351 e. The molecule has 0 aliphatic carbocycles. The molecule has 3 N–H and O–H groups in total. The van der Waals surface area contributed by atoms with E-state index in [1.807, 2.05) is 0 Å². The molecular weight excluding hydrogens is 283 g/mol. The molecule has 7 heteroatoms. The highest BCUT2D eigenvalue weighted by molar-refractivity contribution is 7.90. The molecule has 0 aliphatic rings. The van der Waals surface area contributed by atoms with Crippen LogP contribution in [-0.4, -0.2) is 39.4 Å². The number of benzene rings is 1. The molecular formula is C13H15FN2O3S. The second-order valence-electron chi connectivity index (χ2n) is 4.09. The van der Waals surface area contributed by atoms with Crippen molar-refractivity contribution in [1.82, 2.24) is 5.32 Å². The number of hydrogen-bond acceptors (Lipinski definition) is 4. The van der Waals surface area contributed by atoms with E-state index in [0.717, 1.165) is 12.3 Å². The highest BCUT2D eigenvalue weighted by Crippen LogP contribution is 2.09. The lowest BCUT2D eigenvalue weighted by Gasteiger charge is -2.05. The van der Waals surface area contributed by atoms with E-state index in [-0.39, 0.29) is 24.4 Å². The fraction of sp³-hybridized carbons (Fsp3) is 0.308. The van der Waals surface area contributed by atoms with Gasteiger partial charge in [-0.15, -0.1) is 0 Å². The van der Waals surface area contributed by atoms with Crippen molar-refractivity contribution >= 4 is 15.7 Å². The minimum atomic E-state index is -3.17. The Kier molecular flexibility index (Phi) is 5.67. The zero-order chi connectivity index (χ0) is 15.2. The third-order valence-corrected chi connectivity index (χ3v) is 3.25. The molecule has 20 heavy (non-hydrogen) atoms. The Morgan fingerprint density at radius 2 is 2.15 bits per heavy atom. The standard InChI is InChI=1S/C13H15FN2O3S/c1-20(18,19)8-7-16-13(17)11-5-4-10(3-2-6-15)9-12(11)14/h4-5,9H,6-8,15H2,1H3,(H,16,17). The quantitative estimate of drug-likeness (QED) is 0.760. The van der Waals surface area contributed by atoms with E-state index in [4.69, 9.17) is 5.73 Å². The van der Waals surface area contributed by atoms with Crippen LogP contribution in [0.1, 0.15) is 15.9 Å². The summed E-state index contributed by atoms with van der Waals surface area (Å²) in [6.07, 6.45) is 1.06. The largest absolute Gasteiger partial charge is 0.351 e. The molecule has 0 atom stereocenters. The number of carbonyl (C=O) groups excluding carboxylic acids is 1. The van der Waals surface area contributed by atoms with Gasteiger partial charge in [-0.1, -0.05) is 11.8 Å². The van der Waals surface area contributed by atoms with Crippen molar-refractivity contribution in [3.8, 4) is 11.8 Å². The van der Waals surface area contributed by atoms with Crippen molar-refractivity contribution in [2.45, 2.75) is 0 Å². The molecule has 0 bridgehead atoms. The van der Waals surface area contributed by atoms with Crippen LogP contribution in [0, 0.1) is 17.7 Å². The van der Waals surface area contributed by atoms with E-state index in [2.05, 4.69) is 17.2 Å². The maximum absolute atomic E-state index is 13.7. The molecule has 1 aromatic rings. The second kappa shape index (κ2) is 7.03. The van der Waals surface area contributed by atoms with Crippen LogP contribution in [0.2, 0.25) is 0 Å². The van der Waals surface area contributed by atoms with Crippen LogP contribution in [0.5, 0.6) is 0 Å². The van der Waals surface area contributed by atoms with Gasteiger partial charge < -0.3 is 11.1 Å². The highest BCUT2D eigenvalue weighted by Gasteiger charge is 2.12. The molecule has 0 saturated heterocycles. The van der Waals surface area contributed by atoms with Crippen LogP contribution >= 0.6 is 0 Å². The van der Waals surface area contributed by atoms with Crippen molar-refractivity contribution in [3.63, 3.8) is 0 Å². The van der Waals surface area contributed by atoms with Gasteiger partial charge in [-0.05, 0) is 18.2 Å². The van der Waals surface area contributed by atoms with Gasteiger partial charge in [-0.2, -0.15) is 0 Å². The Bertz CT molecular complexity index is 660. The Balaban J connectivity index is 2.74. The van der Waals surface area contributed by atoms with E-state index in [0.29, 0.717) is 5.56 Å². The van der Waals surface area contributed by atoms with Gasteiger partial charge in [0.25, 0.3) is 5.91 Å². The third-order valence-electron chi connectivity index (χ3n) is 2.31. The Labute approximate surface area is 117 Å². The molecule has 0 saturated carbocycles. The first-order valence-electron chi connectivity index (χ1n) is 5.78. The Hall–Kier alpha value is -1.91. The molecule has 5 nitrogen and oxygen atoms in total. The van der Waals surface area contributed by atoms with Crippen molar-refractivity contribution in [2.24, 2.45) is 5.73 Å². The molecule has 0 aromatic heterocycles. The van der Waals surface area contributed by atoms with Gasteiger partial charge in [0.2, 0.25) is 0 Å². The number of nitrogens with two attached hydrogens (primary N) is 1. The predicted molar refractivity (Wildman–Crippen MR) is 74.4 cm³/mol. The van der Waals surface area contributed by atoms with E-state index in [9.17, 15) is 17.6 Å². The molecule has 1 rings (SSSR count). The maximum atomic E-state index is 13.7. The first-order valence-corrected chi connectivity index (χ1v) is 7.84. The number of hydrogen-bond donors (Lipinski definition) is 2. The van der Waals surface area contributed by atoms with Crippen LogP contribution in [0.15, 0.2) is 18.2 Å². The van der Waals surface area contributed by atoms with Crippen molar-refractivity contribution in [2.75, 3.05) is 25.1 Å². The van der Waals surface area contributed by atoms with Gasteiger partial charge in [-0.3, -0.25) is 4.79 Å². The van der Waals surface area contributed by atoms with Crippen molar-refractivity contribution in [3.05, 3.63) is 35.1 Å². The fourth-order valence-corrected chi connectivity index (χ4v) is 1.85. The fourth-order valence-electron chi connectivity index (χ4n) is 1.38. The van der Waals surface area contributed by atoms with Crippen LogP contribution in [0.3, 0.4) is 0 Å². The lowest BCUT2D eigenvalue weighted by Crippen LogP contribution is -2.29. The summed E-state index contributed by atoms with van der Waals surface area (Å²) in [5, 5.41) is 2.34. The van der Waals surface area contributed by atoms with E-state index >= 15 is 0 Å². The summed E-state index contributed by atoms with van der Waals surface area (Å²) in [6, 6.07) is 3.93. The molecule has 0 unspecified atom stereocenters. The molecule has 0 aliphatic heterocycles. The van der Waals surface area contributed by atoms with E-state index < -0.39 is 21.6 Å². The summed E-state index contributed by atoms with van der Waals surface area (Å²) in [7, 11) is -3.17. The number of sulfone groups is 1. The Morgan fingerprint density at radius 3 is 2.70 bits per heavy atom. The number of amides is 1. The summed E-state index contributed by atoms with van der Waals surface area (Å²) in [6.45, 7) is 0.0984. The van der Waals surface area contributed by atoms with Gasteiger partial charge in [-0.25, -0.2) is 12.8 Å². The van der Waals surface area contributed by atoms with Crippen molar-refractivity contribution < 1.29 is 17.6 Å². The zero-order valence-electron chi connectivity index (χ0n) is 10.9. The number of halogens is 1. The zero-order valence-corrected chi connectivity index (χ0v) is 11.8. The van der Waals surface area contributed by atoms with Crippen molar-refractivity contribution in [1.29, 1.82) is 0 Å². The lowest BCUT2D eigenvalue weighted by molar-refractivity contribution is 0.0952. The average Bonchev–Trinajstić information content (AvgIpc) is 2.34. The number of nitrogens with one attached hydrogen (secondary N) is 1. The molecule has 0 radical (unpaired) electrons. The summed E-state index contributed by atoms with van der Waals surface area (Å²) in [5.74, 6) is 3.65. The summed E-state index contributed by atoms with van der Waals surface area (Å²) >= 11 is 0. The summed E-state index contributed by atoms with van der Waals surface area (Å²) < 4.78 is 35.5. The number of rotatable bonds is 4. The molecule has 1 aromatic carbocycles.